The monoisotopic (exact) mass is 228 g/mol. The van der Waals surface area contributed by atoms with Crippen molar-refractivity contribution >= 4 is 5.97 Å². The predicted molar refractivity (Wildman–Crippen MR) is 64.3 cm³/mol. The maximum Gasteiger partial charge on any atom is 0.323 e. The zero-order valence-corrected chi connectivity index (χ0v) is 10.4. The lowest BCUT2D eigenvalue weighted by molar-refractivity contribution is -0.143. The molecule has 94 valence electrons. The molecule has 16 heavy (non-hydrogen) atoms. The number of carbonyl (C=O) groups is 1. The summed E-state index contributed by atoms with van der Waals surface area (Å²) >= 11 is 0. The van der Waals surface area contributed by atoms with Crippen molar-refractivity contribution in [2.45, 2.75) is 57.5 Å². The van der Waals surface area contributed by atoms with Crippen LogP contribution >= 0.6 is 0 Å². The molecule has 0 radical (unpaired) electrons. The Kier molecular flexibility index (Phi) is 4.74. The number of nitrogens with zero attached hydrogens (tertiary/aromatic N) is 1. The second kappa shape index (κ2) is 5.64. The average Bonchev–Trinajstić information content (AvgIpc) is 3.07. The van der Waals surface area contributed by atoms with Crippen LogP contribution in [-0.2, 0) is 4.79 Å². The summed E-state index contributed by atoms with van der Waals surface area (Å²) in [7, 11) is 0. The zero-order valence-electron chi connectivity index (χ0n) is 10.4. The Morgan fingerprint density at radius 2 is 2.12 bits per heavy atom. The van der Waals surface area contributed by atoms with E-state index in [4.69, 9.17) is 10.8 Å². The molecule has 0 aliphatic heterocycles. The van der Waals surface area contributed by atoms with Gasteiger partial charge in [-0.25, -0.2) is 0 Å². The largest absolute Gasteiger partial charge is 0.480 e. The van der Waals surface area contributed by atoms with Crippen LogP contribution in [0.25, 0.3) is 0 Å². The lowest BCUT2D eigenvalue weighted by atomic mass is 9.92. The predicted octanol–water partition coefficient (Wildman–Crippen LogP) is 1.44. The van der Waals surface area contributed by atoms with Crippen molar-refractivity contribution in [3.05, 3.63) is 0 Å². The van der Waals surface area contributed by atoms with Gasteiger partial charge >= 0.3 is 5.97 Å². The standard InChI is InChI=1S/C12H24N2O2/c1-3-12(13,11(15)16)8-5-9-14(4-2)10-6-7-10/h10H,3-9,13H2,1-2H3,(H,15,16). The van der Waals surface area contributed by atoms with E-state index in [1.165, 1.54) is 12.8 Å². The molecule has 1 aliphatic carbocycles. The number of carboxylic acids is 1. The Labute approximate surface area is 97.8 Å². The molecule has 3 N–H and O–H groups in total. The molecule has 0 saturated heterocycles. The number of carboxylic acid groups (broad SMARTS) is 1. The molecule has 0 aromatic rings. The van der Waals surface area contributed by atoms with Gasteiger partial charge in [-0.15, -0.1) is 0 Å². The maximum atomic E-state index is 11.0. The minimum Gasteiger partial charge on any atom is -0.480 e. The second-order valence-corrected chi connectivity index (χ2v) is 4.78. The van der Waals surface area contributed by atoms with E-state index in [-0.39, 0.29) is 0 Å². The number of hydrogen-bond acceptors (Lipinski definition) is 3. The SMILES string of the molecule is CCN(CCCC(N)(CC)C(=O)O)C1CC1. The van der Waals surface area contributed by atoms with Crippen molar-refractivity contribution in [2.24, 2.45) is 5.73 Å². The summed E-state index contributed by atoms with van der Waals surface area (Å²) in [6.07, 6.45) is 4.55. The first-order valence-electron chi connectivity index (χ1n) is 6.29. The van der Waals surface area contributed by atoms with E-state index < -0.39 is 11.5 Å². The molecule has 0 spiro atoms. The smallest absolute Gasteiger partial charge is 0.323 e. The van der Waals surface area contributed by atoms with Crippen LogP contribution in [0.4, 0.5) is 0 Å². The van der Waals surface area contributed by atoms with Gasteiger partial charge in [0.1, 0.15) is 5.54 Å². The summed E-state index contributed by atoms with van der Waals surface area (Å²) < 4.78 is 0. The molecule has 4 nitrogen and oxygen atoms in total. The van der Waals surface area contributed by atoms with Crippen LogP contribution in [0.1, 0.15) is 46.0 Å². The number of hydrogen-bond donors (Lipinski definition) is 2. The van der Waals surface area contributed by atoms with Gasteiger partial charge in [0.15, 0.2) is 0 Å². The van der Waals surface area contributed by atoms with Crippen LogP contribution in [0.5, 0.6) is 0 Å². The molecule has 1 rings (SSSR count). The van der Waals surface area contributed by atoms with E-state index in [1.807, 2.05) is 6.92 Å². The third-order valence-electron chi connectivity index (χ3n) is 3.59. The van der Waals surface area contributed by atoms with Gasteiger partial charge in [-0.05, 0) is 45.2 Å². The molecule has 1 atom stereocenters. The second-order valence-electron chi connectivity index (χ2n) is 4.78. The molecule has 4 heteroatoms. The highest BCUT2D eigenvalue weighted by molar-refractivity contribution is 5.78. The van der Waals surface area contributed by atoms with Gasteiger partial charge in [0.05, 0.1) is 0 Å². The van der Waals surface area contributed by atoms with Crippen molar-refractivity contribution in [2.75, 3.05) is 13.1 Å². The summed E-state index contributed by atoms with van der Waals surface area (Å²) in [5.41, 5.74) is 4.82. The average molecular weight is 228 g/mol. The van der Waals surface area contributed by atoms with Crippen LogP contribution in [0.2, 0.25) is 0 Å². The molecular formula is C12H24N2O2. The van der Waals surface area contributed by atoms with Gasteiger partial charge in [-0.2, -0.15) is 0 Å². The van der Waals surface area contributed by atoms with Crippen molar-refractivity contribution in [3.8, 4) is 0 Å². The van der Waals surface area contributed by atoms with E-state index in [9.17, 15) is 4.79 Å². The highest BCUT2D eigenvalue weighted by Gasteiger charge is 2.32. The van der Waals surface area contributed by atoms with Gasteiger partial charge in [0.25, 0.3) is 0 Å². The topological polar surface area (TPSA) is 66.6 Å². The van der Waals surface area contributed by atoms with E-state index in [0.717, 1.165) is 25.6 Å². The lowest BCUT2D eigenvalue weighted by Gasteiger charge is -2.25. The van der Waals surface area contributed by atoms with Crippen molar-refractivity contribution in [3.63, 3.8) is 0 Å². The van der Waals surface area contributed by atoms with Crippen molar-refractivity contribution in [1.82, 2.24) is 4.90 Å². The number of aliphatic carboxylic acids is 1. The van der Waals surface area contributed by atoms with E-state index in [1.54, 1.807) is 0 Å². The Balaban J connectivity index is 2.29. The minimum absolute atomic E-state index is 0.498. The van der Waals surface area contributed by atoms with Crippen LogP contribution in [0.15, 0.2) is 0 Å². The van der Waals surface area contributed by atoms with Crippen LogP contribution in [0, 0.1) is 0 Å². The van der Waals surface area contributed by atoms with Crippen molar-refractivity contribution < 1.29 is 9.90 Å². The highest BCUT2D eigenvalue weighted by Crippen LogP contribution is 2.27. The highest BCUT2D eigenvalue weighted by atomic mass is 16.4. The fourth-order valence-corrected chi connectivity index (χ4v) is 2.07. The molecule has 0 bridgehead atoms. The van der Waals surface area contributed by atoms with Crippen molar-refractivity contribution in [1.29, 1.82) is 0 Å². The molecule has 1 aliphatic rings. The minimum atomic E-state index is -1.02. The first kappa shape index (κ1) is 13.5. The maximum absolute atomic E-state index is 11.0. The van der Waals surface area contributed by atoms with Gasteiger partial charge in [0, 0.05) is 6.04 Å². The Bertz CT molecular complexity index is 241. The van der Waals surface area contributed by atoms with Gasteiger partial charge in [-0.3, -0.25) is 4.79 Å². The third-order valence-corrected chi connectivity index (χ3v) is 3.59. The first-order chi connectivity index (χ1) is 7.53. The zero-order chi connectivity index (χ0) is 12.2. The molecule has 1 saturated carbocycles. The molecule has 0 aromatic carbocycles. The molecular weight excluding hydrogens is 204 g/mol. The van der Waals surface area contributed by atoms with Crippen LogP contribution in [0.3, 0.4) is 0 Å². The van der Waals surface area contributed by atoms with E-state index in [2.05, 4.69) is 11.8 Å². The van der Waals surface area contributed by atoms with E-state index >= 15 is 0 Å². The molecule has 1 unspecified atom stereocenters. The van der Waals surface area contributed by atoms with Gasteiger partial charge < -0.3 is 15.7 Å². The molecule has 1 fully saturated rings. The Morgan fingerprint density at radius 3 is 2.50 bits per heavy atom. The number of rotatable bonds is 8. The summed E-state index contributed by atoms with van der Waals surface area (Å²) in [5, 5.41) is 9.04. The summed E-state index contributed by atoms with van der Waals surface area (Å²) in [6.45, 7) is 6.03. The third kappa shape index (κ3) is 3.46. The summed E-state index contributed by atoms with van der Waals surface area (Å²) in [5.74, 6) is -0.871. The normalized spacial score (nSPS) is 19.8. The molecule has 0 amide bonds. The van der Waals surface area contributed by atoms with Gasteiger partial charge in [0.2, 0.25) is 0 Å². The molecule has 0 aromatic heterocycles. The number of nitrogens with two attached hydrogens (primary N) is 1. The lowest BCUT2D eigenvalue weighted by Crippen LogP contribution is -2.47. The fourth-order valence-electron chi connectivity index (χ4n) is 2.07. The molecule has 0 heterocycles. The van der Waals surface area contributed by atoms with Crippen LogP contribution < -0.4 is 5.73 Å². The van der Waals surface area contributed by atoms with Gasteiger partial charge in [-0.1, -0.05) is 13.8 Å². The fraction of sp³-hybridized carbons (Fsp3) is 0.917. The van der Waals surface area contributed by atoms with Crippen LogP contribution in [-0.4, -0.2) is 40.6 Å². The van der Waals surface area contributed by atoms with E-state index in [0.29, 0.717) is 12.8 Å². The summed E-state index contributed by atoms with van der Waals surface area (Å²) in [6, 6.07) is 0.753. The Hall–Kier alpha value is -0.610. The quantitative estimate of drug-likeness (QED) is 0.660. The first-order valence-corrected chi connectivity index (χ1v) is 6.29. The summed E-state index contributed by atoms with van der Waals surface area (Å²) in [4.78, 5) is 13.4. The Morgan fingerprint density at radius 1 is 1.50 bits per heavy atom.